The zero-order chi connectivity index (χ0) is 39.9. The van der Waals surface area contributed by atoms with Crippen LogP contribution in [-0.2, 0) is 30.3 Å². The summed E-state index contributed by atoms with van der Waals surface area (Å²) >= 11 is 0.640. The Morgan fingerprint density at radius 3 is 1.53 bits per heavy atom. The zero-order valence-electron chi connectivity index (χ0n) is 31.1. The maximum atomic E-state index is 13.6. The Morgan fingerprint density at radius 1 is 0.579 bits per heavy atom. The molecule has 11 nitrogen and oxygen atoms in total. The maximum Gasteiger partial charge on any atom is 0.407 e. The molecule has 0 saturated carbocycles. The van der Waals surface area contributed by atoms with Gasteiger partial charge in [-0.15, -0.1) is 0 Å². The van der Waals surface area contributed by atoms with E-state index < -0.39 is 47.3 Å². The first-order chi connectivity index (χ1) is 27.7. The monoisotopic (exact) mass is 783 g/mol. The summed E-state index contributed by atoms with van der Waals surface area (Å²) in [5, 5.41) is 16.9. The van der Waals surface area contributed by atoms with Crippen LogP contribution in [0.2, 0.25) is 0 Å². The third-order valence-corrected chi connectivity index (χ3v) is 11.2. The van der Waals surface area contributed by atoms with Gasteiger partial charge in [-0.25, -0.2) is 14.4 Å². The van der Waals surface area contributed by atoms with Gasteiger partial charge in [-0.1, -0.05) is 127 Å². The average Bonchev–Trinajstić information content (AvgIpc) is 3.72. The molecular formula is C45H41N3O8S. The Bertz CT molecular complexity index is 2210. The van der Waals surface area contributed by atoms with Gasteiger partial charge in [-0.2, -0.15) is 0 Å². The fourth-order valence-electron chi connectivity index (χ4n) is 7.48. The van der Waals surface area contributed by atoms with Crippen LogP contribution in [0, 0.1) is 0 Å². The highest BCUT2D eigenvalue weighted by Gasteiger charge is 2.32. The van der Waals surface area contributed by atoms with E-state index in [1.54, 1.807) is 12.1 Å². The number of alkyl carbamates (subject to hydrolysis) is 1. The molecule has 3 amide bonds. The second kappa shape index (κ2) is 17.6. The van der Waals surface area contributed by atoms with Crippen LogP contribution in [0.1, 0.15) is 46.6 Å². The van der Waals surface area contributed by atoms with Crippen molar-refractivity contribution >= 4 is 40.9 Å². The number of hydrogen-bond donors (Lipinski definition) is 4. The van der Waals surface area contributed by atoms with Crippen molar-refractivity contribution in [3.63, 3.8) is 0 Å². The summed E-state index contributed by atoms with van der Waals surface area (Å²) < 4.78 is 11.3. The number of aliphatic carboxylic acids is 1. The van der Waals surface area contributed by atoms with Crippen molar-refractivity contribution in [1.82, 2.24) is 16.0 Å². The van der Waals surface area contributed by atoms with Gasteiger partial charge in [0.1, 0.15) is 31.3 Å². The summed E-state index contributed by atoms with van der Waals surface area (Å²) in [7, 11) is 0. The molecule has 0 heterocycles. The number of thioether (sulfide) groups is 1. The van der Waals surface area contributed by atoms with Crippen molar-refractivity contribution in [2.45, 2.75) is 43.3 Å². The summed E-state index contributed by atoms with van der Waals surface area (Å²) in [5.74, 6) is -3.47. The van der Waals surface area contributed by atoms with Crippen LogP contribution < -0.4 is 16.0 Å². The number of amides is 3. The van der Waals surface area contributed by atoms with Gasteiger partial charge in [0.15, 0.2) is 0 Å². The molecule has 2 aliphatic carbocycles. The molecule has 0 aliphatic heterocycles. The molecule has 5 aromatic carbocycles. The molecule has 3 atom stereocenters. The Labute approximate surface area is 334 Å². The van der Waals surface area contributed by atoms with Crippen LogP contribution in [0.3, 0.4) is 0 Å². The fourth-order valence-corrected chi connectivity index (χ4v) is 8.16. The number of fused-ring (bicyclic) bond motifs is 6. The van der Waals surface area contributed by atoms with Crippen LogP contribution in [0.25, 0.3) is 22.3 Å². The minimum Gasteiger partial charge on any atom is -0.480 e. The minimum absolute atomic E-state index is 0.0446. The second-order valence-electron chi connectivity index (χ2n) is 13.9. The first-order valence-electron chi connectivity index (χ1n) is 18.6. The second-order valence-corrected chi connectivity index (χ2v) is 14.9. The number of benzene rings is 5. The summed E-state index contributed by atoms with van der Waals surface area (Å²) in [4.78, 5) is 65.0. The first-order valence-corrected chi connectivity index (χ1v) is 19.6. The smallest absolute Gasteiger partial charge is 0.407 e. The zero-order valence-corrected chi connectivity index (χ0v) is 31.9. The number of carbonyl (C=O) groups is 5. The van der Waals surface area contributed by atoms with Gasteiger partial charge in [0.05, 0.1) is 0 Å². The highest BCUT2D eigenvalue weighted by Crippen LogP contribution is 2.45. The lowest BCUT2D eigenvalue weighted by Gasteiger charge is -2.23. The minimum atomic E-state index is -1.46. The van der Waals surface area contributed by atoms with Crippen LogP contribution in [-0.4, -0.2) is 71.4 Å². The molecule has 2 aliphatic rings. The van der Waals surface area contributed by atoms with E-state index >= 15 is 0 Å². The number of rotatable bonds is 14. The molecule has 290 valence electrons. The largest absolute Gasteiger partial charge is 0.480 e. The number of carboxylic acids is 1. The Kier molecular flexibility index (Phi) is 12.0. The molecule has 57 heavy (non-hydrogen) atoms. The quantitative estimate of drug-likeness (QED) is 0.0880. The van der Waals surface area contributed by atoms with Crippen LogP contribution in [0.4, 0.5) is 9.59 Å². The van der Waals surface area contributed by atoms with Crippen molar-refractivity contribution in [3.8, 4) is 22.3 Å². The predicted molar refractivity (Wildman–Crippen MR) is 217 cm³/mol. The van der Waals surface area contributed by atoms with E-state index in [1.165, 1.54) is 6.92 Å². The fraction of sp³-hybridized carbons (Fsp3) is 0.222. The lowest BCUT2D eigenvalue weighted by molar-refractivity contribution is -0.141. The normalized spacial score (nSPS) is 14.1. The van der Waals surface area contributed by atoms with Crippen molar-refractivity contribution in [2.75, 3.05) is 19.0 Å². The summed E-state index contributed by atoms with van der Waals surface area (Å²) in [6, 6.07) is 37.0. The Balaban J connectivity index is 0.927. The molecule has 12 heteroatoms. The SMILES string of the molecule is C[C@H](NC(=O)[C@H](Cc1ccccc1)NC(=O)OCC1c2ccccc2-c2ccccc21)C(=O)N[C@@H](CSC(=O)OCC1c2ccccc2-c2ccccc21)C(=O)O. The summed E-state index contributed by atoms with van der Waals surface area (Å²) in [6.07, 6.45) is -0.707. The summed E-state index contributed by atoms with van der Waals surface area (Å²) in [5.41, 5.74) is 9.25. The molecular weight excluding hydrogens is 743 g/mol. The van der Waals surface area contributed by atoms with Crippen molar-refractivity contribution in [1.29, 1.82) is 0 Å². The van der Waals surface area contributed by atoms with Gasteiger partial charge in [-0.05, 0) is 68.8 Å². The molecule has 5 aromatic rings. The molecule has 0 spiro atoms. The van der Waals surface area contributed by atoms with Gasteiger partial charge in [-0.3, -0.25) is 9.59 Å². The van der Waals surface area contributed by atoms with Crippen molar-refractivity contribution in [2.24, 2.45) is 0 Å². The standard InChI is InChI=1S/C45H41N3O8S/c1-27(41(49)47-40(43(51)52)26-57-45(54)56-25-38-35-21-11-7-17-31(35)32-18-8-12-22-36(32)38)46-42(50)39(23-28-13-3-2-4-14-28)48-44(53)55-24-37-33-19-9-5-15-29(33)30-16-6-10-20-34(30)37/h2-22,27,37-40H,23-26H2,1H3,(H,46,50)(H,47,49)(H,48,53)(H,51,52)/t27-,39-,40-/m0/s1. The molecule has 0 fully saturated rings. The summed E-state index contributed by atoms with van der Waals surface area (Å²) in [6.45, 7) is 1.52. The van der Waals surface area contributed by atoms with E-state index in [0.29, 0.717) is 11.8 Å². The van der Waals surface area contributed by atoms with E-state index in [2.05, 4.69) is 16.0 Å². The molecule has 7 rings (SSSR count). The average molecular weight is 784 g/mol. The number of ether oxygens (including phenoxy) is 2. The number of carbonyl (C=O) groups excluding carboxylic acids is 4. The van der Waals surface area contributed by atoms with Gasteiger partial charge in [0.2, 0.25) is 11.8 Å². The number of hydrogen-bond acceptors (Lipinski definition) is 8. The molecule has 0 aromatic heterocycles. The van der Waals surface area contributed by atoms with E-state index in [1.807, 2.05) is 115 Å². The third-order valence-electron chi connectivity index (χ3n) is 10.3. The van der Waals surface area contributed by atoms with Gasteiger partial charge >= 0.3 is 17.4 Å². The van der Waals surface area contributed by atoms with Crippen molar-refractivity contribution < 1.29 is 38.6 Å². The Hall–Kier alpha value is -6.40. The molecule has 0 bridgehead atoms. The lowest BCUT2D eigenvalue weighted by Crippen LogP contribution is -2.55. The molecule has 4 N–H and O–H groups in total. The van der Waals surface area contributed by atoms with Crippen molar-refractivity contribution in [3.05, 3.63) is 155 Å². The van der Waals surface area contributed by atoms with E-state index in [4.69, 9.17) is 9.47 Å². The van der Waals surface area contributed by atoms with E-state index in [0.717, 1.165) is 50.1 Å². The highest BCUT2D eigenvalue weighted by atomic mass is 32.2. The molecule has 0 radical (unpaired) electrons. The van der Waals surface area contributed by atoms with Gasteiger partial charge in [0.25, 0.3) is 0 Å². The predicted octanol–water partition coefficient (Wildman–Crippen LogP) is 6.89. The Morgan fingerprint density at radius 2 is 1.04 bits per heavy atom. The highest BCUT2D eigenvalue weighted by molar-refractivity contribution is 8.13. The number of carboxylic acid groups (broad SMARTS) is 1. The topological polar surface area (TPSA) is 160 Å². The molecule has 0 unspecified atom stereocenters. The lowest BCUT2D eigenvalue weighted by atomic mass is 9.98. The van der Waals surface area contributed by atoms with Crippen LogP contribution in [0.15, 0.2) is 127 Å². The number of nitrogens with one attached hydrogen (secondary N) is 3. The van der Waals surface area contributed by atoms with E-state index in [9.17, 15) is 29.1 Å². The molecule has 0 saturated heterocycles. The van der Waals surface area contributed by atoms with Gasteiger partial charge < -0.3 is 30.5 Å². The van der Waals surface area contributed by atoms with Crippen LogP contribution in [0.5, 0.6) is 0 Å². The van der Waals surface area contributed by atoms with Crippen LogP contribution >= 0.6 is 11.8 Å². The third kappa shape index (κ3) is 8.86. The maximum absolute atomic E-state index is 13.6. The first kappa shape index (κ1) is 38.9. The van der Waals surface area contributed by atoms with E-state index in [-0.39, 0.29) is 37.2 Å². The van der Waals surface area contributed by atoms with Gasteiger partial charge in [0, 0.05) is 24.0 Å².